The second kappa shape index (κ2) is 10.1. The topological polar surface area (TPSA) is 58.5 Å². The largest absolute Gasteiger partial charge is 0.477 e. The summed E-state index contributed by atoms with van der Waals surface area (Å²) in [5.41, 5.74) is 1.03. The zero-order chi connectivity index (χ0) is 16.3. The summed E-state index contributed by atoms with van der Waals surface area (Å²) in [6, 6.07) is 4.54. The van der Waals surface area contributed by atoms with Crippen molar-refractivity contribution in [3.8, 4) is 5.88 Å². The van der Waals surface area contributed by atoms with Gasteiger partial charge in [-0.1, -0.05) is 32.3 Å². The Hall–Kier alpha value is -1.78. The van der Waals surface area contributed by atoms with Crippen LogP contribution in [0.1, 0.15) is 57.9 Å². The van der Waals surface area contributed by atoms with Crippen LogP contribution in [0.3, 0.4) is 0 Å². The summed E-state index contributed by atoms with van der Waals surface area (Å²) in [7, 11) is 0. The lowest BCUT2D eigenvalue weighted by molar-refractivity contribution is 0.294. The number of pyridine rings is 1. The number of aliphatic imine (C=N–C) groups is 1. The van der Waals surface area contributed by atoms with Crippen LogP contribution in [0.25, 0.3) is 0 Å². The minimum absolute atomic E-state index is 0.557. The summed E-state index contributed by atoms with van der Waals surface area (Å²) in [5.74, 6) is 1.60. The van der Waals surface area contributed by atoms with Gasteiger partial charge in [-0.15, -0.1) is 0 Å². The van der Waals surface area contributed by atoms with Gasteiger partial charge in [-0.3, -0.25) is 0 Å². The molecule has 5 nitrogen and oxygen atoms in total. The zero-order valence-corrected chi connectivity index (χ0v) is 14.5. The Kier molecular flexibility index (Phi) is 7.70. The van der Waals surface area contributed by atoms with Gasteiger partial charge in [-0.2, -0.15) is 0 Å². The van der Waals surface area contributed by atoms with Crippen molar-refractivity contribution < 1.29 is 4.74 Å². The molecule has 0 unspecified atom stereocenters. The molecule has 0 saturated heterocycles. The molecule has 1 aliphatic carbocycles. The first-order chi connectivity index (χ1) is 11.3. The lowest BCUT2D eigenvalue weighted by Crippen LogP contribution is -2.42. The van der Waals surface area contributed by atoms with E-state index >= 15 is 0 Å². The predicted octanol–water partition coefficient (Wildman–Crippen LogP) is 3.26. The van der Waals surface area contributed by atoms with Crippen LogP contribution in [0.15, 0.2) is 23.3 Å². The molecule has 5 heteroatoms. The molecule has 128 valence electrons. The number of nitrogens with zero attached hydrogens (tertiary/aromatic N) is 2. The van der Waals surface area contributed by atoms with Crippen molar-refractivity contribution in [2.45, 2.75) is 65.0 Å². The molecule has 1 fully saturated rings. The first kappa shape index (κ1) is 17.6. The van der Waals surface area contributed by atoms with Gasteiger partial charge in [-0.05, 0) is 32.3 Å². The Morgan fingerprint density at radius 2 is 2.17 bits per heavy atom. The lowest BCUT2D eigenvalue weighted by atomic mass is 10.2. The highest BCUT2D eigenvalue weighted by atomic mass is 16.5. The first-order valence-corrected chi connectivity index (χ1v) is 8.95. The summed E-state index contributed by atoms with van der Waals surface area (Å²) >= 11 is 0. The molecule has 0 amide bonds. The molecule has 0 atom stereocenters. The molecule has 1 saturated carbocycles. The predicted molar refractivity (Wildman–Crippen MR) is 94.8 cm³/mol. The quantitative estimate of drug-likeness (QED) is 0.439. The van der Waals surface area contributed by atoms with E-state index in [0.717, 1.165) is 30.9 Å². The number of ether oxygens (including phenoxy) is 1. The van der Waals surface area contributed by atoms with Crippen molar-refractivity contribution >= 4 is 5.96 Å². The van der Waals surface area contributed by atoms with Crippen molar-refractivity contribution in [1.29, 1.82) is 0 Å². The Morgan fingerprint density at radius 1 is 1.35 bits per heavy atom. The standard InChI is InChI=1S/C18H30N4O/c1-3-5-13-23-17-15(9-8-12-20-17)14-21-18(19-4-2)22-16-10-6-7-11-16/h8-9,12,16H,3-7,10-11,13-14H2,1-2H3,(H2,19,21,22). The highest BCUT2D eigenvalue weighted by Gasteiger charge is 2.16. The molecule has 0 aromatic carbocycles. The van der Waals surface area contributed by atoms with Crippen molar-refractivity contribution in [3.63, 3.8) is 0 Å². The van der Waals surface area contributed by atoms with E-state index in [0.29, 0.717) is 25.1 Å². The molecular formula is C18H30N4O. The van der Waals surface area contributed by atoms with E-state index in [1.54, 1.807) is 6.20 Å². The summed E-state index contributed by atoms with van der Waals surface area (Å²) in [6.45, 7) is 6.41. The highest BCUT2D eigenvalue weighted by Crippen LogP contribution is 2.18. The van der Waals surface area contributed by atoms with Gasteiger partial charge >= 0.3 is 0 Å². The first-order valence-electron chi connectivity index (χ1n) is 8.95. The fourth-order valence-corrected chi connectivity index (χ4v) is 2.74. The number of guanidine groups is 1. The van der Waals surface area contributed by atoms with Crippen molar-refractivity contribution in [1.82, 2.24) is 15.6 Å². The summed E-state index contributed by atoms with van der Waals surface area (Å²) in [5, 5.41) is 6.87. The second-order valence-electron chi connectivity index (χ2n) is 5.99. The van der Waals surface area contributed by atoms with Crippen LogP contribution in [0, 0.1) is 0 Å². The van der Waals surface area contributed by atoms with E-state index in [4.69, 9.17) is 9.73 Å². The minimum atomic E-state index is 0.557. The third kappa shape index (κ3) is 6.08. The average Bonchev–Trinajstić information content (AvgIpc) is 3.07. The van der Waals surface area contributed by atoms with Crippen LogP contribution in [-0.4, -0.2) is 30.1 Å². The van der Waals surface area contributed by atoms with Gasteiger partial charge in [0, 0.05) is 24.3 Å². The van der Waals surface area contributed by atoms with E-state index in [9.17, 15) is 0 Å². The lowest BCUT2D eigenvalue weighted by Gasteiger charge is -2.17. The van der Waals surface area contributed by atoms with E-state index in [2.05, 4.69) is 29.5 Å². The number of nitrogens with one attached hydrogen (secondary N) is 2. The van der Waals surface area contributed by atoms with E-state index in [-0.39, 0.29) is 0 Å². The maximum Gasteiger partial charge on any atom is 0.218 e. The smallest absolute Gasteiger partial charge is 0.218 e. The second-order valence-corrected chi connectivity index (χ2v) is 5.99. The molecule has 0 spiro atoms. The number of unbranched alkanes of at least 4 members (excludes halogenated alkanes) is 1. The third-order valence-electron chi connectivity index (χ3n) is 4.03. The number of hydrogen-bond acceptors (Lipinski definition) is 3. The van der Waals surface area contributed by atoms with E-state index in [1.807, 2.05) is 12.1 Å². The summed E-state index contributed by atoms with van der Waals surface area (Å²) in [6.07, 6.45) is 9.05. The van der Waals surface area contributed by atoms with Gasteiger partial charge in [0.2, 0.25) is 5.88 Å². The van der Waals surface area contributed by atoms with Crippen molar-refractivity contribution in [2.75, 3.05) is 13.2 Å². The normalized spacial score (nSPS) is 15.7. The van der Waals surface area contributed by atoms with Crippen molar-refractivity contribution in [3.05, 3.63) is 23.9 Å². The van der Waals surface area contributed by atoms with Crippen molar-refractivity contribution in [2.24, 2.45) is 4.99 Å². The van der Waals surface area contributed by atoms with Gasteiger partial charge in [0.25, 0.3) is 0 Å². The molecule has 1 aromatic heterocycles. The molecule has 0 radical (unpaired) electrons. The molecule has 1 heterocycles. The van der Waals surface area contributed by atoms with E-state index in [1.165, 1.54) is 25.7 Å². The van der Waals surface area contributed by atoms with Gasteiger partial charge in [-0.25, -0.2) is 9.98 Å². The monoisotopic (exact) mass is 318 g/mol. The van der Waals surface area contributed by atoms with Crippen LogP contribution in [0.2, 0.25) is 0 Å². The molecule has 0 bridgehead atoms. The summed E-state index contributed by atoms with van der Waals surface area (Å²) in [4.78, 5) is 9.06. The molecule has 23 heavy (non-hydrogen) atoms. The highest BCUT2D eigenvalue weighted by molar-refractivity contribution is 5.80. The Balaban J connectivity index is 1.97. The fourth-order valence-electron chi connectivity index (χ4n) is 2.74. The van der Waals surface area contributed by atoms with Crippen LogP contribution < -0.4 is 15.4 Å². The van der Waals surface area contributed by atoms with E-state index < -0.39 is 0 Å². The number of rotatable bonds is 8. The number of aromatic nitrogens is 1. The Labute approximate surface area is 139 Å². The van der Waals surface area contributed by atoms with Gasteiger partial charge < -0.3 is 15.4 Å². The molecule has 0 aliphatic heterocycles. The number of hydrogen-bond donors (Lipinski definition) is 2. The molecule has 1 aromatic rings. The Morgan fingerprint density at radius 3 is 2.91 bits per heavy atom. The molecule has 1 aliphatic rings. The van der Waals surface area contributed by atoms with Gasteiger partial charge in [0.05, 0.1) is 13.2 Å². The van der Waals surface area contributed by atoms with Crippen LogP contribution in [0.5, 0.6) is 5.88 Å². The molecule has 2 N–H and O–H groups in total. The minimum Gasteiger partial charge on any atom is -0.477 e. The summed E-state index contributed by atoms with van der Waals surface area (Å²) < 4.78 is 5.78. The molecule has 2 rings (SSSR count). The van der Waals surface area contributed by atoms with Gasteiger partial charge in [0.1, 0.15) is 0 Å². The maximum absolute atomic E-state index is 5.78. The SMILES string of the molecule is CCCCOc1ncccc1CN=C(NCC)NC1CCCC1. The maximum atomic E-state index is 5.78. The Bertz CT molecular complexity index is 484. The van der Waals surface area contributed by atoms with Crippen LogP contribution in [-0.2, 0) is 6.54 Å². The zero-order valence-electron chi connectivity index (χ0n) is 14.5. The van der Waals surface area contributed by atoms with Gasteiger partial charge in [0.15, 0.2) is 5.96 Å². The average molecular weight is 318 g/mol. The third-order valence-corrected chi connectivity index (χ3v) is 4.03. The molecular weight excluding hydrogens is 288 g/mol. The van der Waals surface area contributed by atoms with Crippen LogP contribution >= 0.6 is 0 Å². The van der Waals surface area contributed by atoms with Crippen LogP contribution in [0.4, 0.5) is 0 Å². The fraction of sp³-hybridized carbons (Fsp3) is 0.667.